The summed E-state index contributed by atoms with van der Waals surface area (Å²) in [7, 11) is 0. The third kappa shape index (κ3) is 2.68. The van der Waals surface area contributed by atoms with Gasteiger partial charge in [0, 0.05) is 30.5 Å². The largest absolute Gasteiger partial charge is 0.371 e. The van der Waals surface area contributed by atoms with Crippen LogP contribution in [0.25, 0.3) is 5.69 Å². The zero-order valence-corrected chi connectivity index (χ0v) is 13.0. The van der Waals surface area contributed by atoms with Crippen LogP contribution < -0.4 is 4.90 Å². The van der Waals surface area contributed by atoms with Crippen LogP contribution in [0.1, 0.15) is 30.7 Å². The lowest BCUT2D eigenvalue weighted by Gasteiger charge is -2.29. The van der Waals surface area contributed by atoms with Gasteiger partial charge in [-0.15, -0.1) is 0 Å². The van der Waals surface area contributed by atoms with E-state index in [2.05, 4.69) is 10.00 Å². The van der Waals surface area contributed by atoms with Crippen LogP contribution in [0.5, 0.6) is 0 Å². The Hall–Kier alpha value is -2.37. The zero-order valence-electron chi connectivity index (χ0n) is 13.0. The number of hydrogen-bond donors (Lipinski definition) is 0. The molecule has 0 bridgehead atoms. The van der Waals surface area contributed by atoms with Crippen LogP contribution in [0, 0.1) is 24.0 Å². The Morgan fingerprint density at radius 2 is 1.86 bits per heavy atom. The summed E-state index contributed by atoms with van der Waals surface area (Å²) in [6.07, 6.45) is 3.60. The maximum absolute atomic E-state index is 11.4. The molecule has 1 aromatic carbocycles. The van der Waals surface area contributed by atoms with Crippen LogP contribution in [0.2, 0.25) is 0 Å². The number of aryl methyl sites for hydroxylation is 2. The molecule has 6 nitrogen and oxygen atoms in total. The van der Waals surface area contributed by atoms with Gasteiger partial charge in [0.1, 0.15) is 5.69 Å². The van der Waals surface area contributed by atoms with E-state index < -0.39 is 0 Å². The molecule has 0 unspecified atom stereocenters. The van der Waals surface area contributed by atoms with Gasteiger partial charge in [0.05, 0.1) is 10.6 Å². The van der Waals surface area contributed by atoms with E-state index >= 15 is 0 Å². The van der Waals surface area contributed by atoms with Crippen LogP contribution in [-0.4, -0.2) is 27.8 Å². The molecular weight excluding hydrogens is 280 g/mol. The van der Waals surface area contributed by atoms with Crippen molar-refractivity contribution in [2.24, 2.45) is 0 Å². The fraction of sp³-hybridized carbons (Fsp3) is 0.438. The highest BCUT2D eigenvalue weighted by Crippen LogP contribution is 2.30. The number of hydrogen-bond acceptors (Lipinski definition) is 4. The standard InChI is InChI=1S/C16H20N4O2/c1-12-10-13(2)19(17-12)16-11-14(6-7-15(16)20(21)22)18-8-4-3-5-9-18/h6-7,10-11H,3-5,8-9H2,1-2H3. The predicted octanol–water partition coefficient (Wildman–Crippen LogP) is 3.39. The molecule has 22 heavy (non-hydrogen) atoms. The number of rotatable bonds is 3. The molecule has 0 saturated carbocycles. The molecule has 1 aromatic heterocycles. The molecule has 0 radical (unpaired) electrons. The Morgan fingerprint density at radius 1 is 1.14 bits per heavy atom. The Balaban J connectivity index is 2.08. The summed E-state index contributed by atoms with van der Waals surface area (Å²) in [6.45, 7) is 5.82. The van der Waals surface area contributed by atoms with Gasteiger partial charge >= 0.3 is 0 Å². The summed E-state index contributed by atoms with van der Waals surface area (Å²) in [5.41, 5.74) is 3.42. The second kappa shape index (κ2) is 5.79. The second-order valence-electron chi connectivity index (χ2n) is 5.82. The van der Waals surface area contributed by atoms with Gasteiger partial charge in [0.2, 0.25) is 0 Å². The molecule has 0 atom stereocenters. The fourth-order valence-electron chi connectivity index (χ4n) is 3.06. The van der Waals surface area contributed by atoms with Crippen molar-refractivity contribution in [1.82, 2.24) is 9.78 Å². The van der Waals surface area contributed by atoms with Gasteiger partial charge < -0.3 is 4.90 Å². The molecule has 116 valence electrons. The molecule has 0 aliphatic carbocycles. The minimum absolute atomic E-state index is 0.0898. The zero-order chi connectivity index (χ0) is 15.7. The molecular formula is C16H20N4O2. The summed E-state index contributed by atoms with van der Waals surface area (Å²) in [5.74, 6) is 0. The highest BCUT2D eigenvalue weighted by Gasteiger charge is 2.20. The molecule has 1 aliphatic heterocycles. The van der Waals surface area contributed by atoms with E-state index in [0.29, 0.717) is 5.69 Å². The third-order valence-electron chi connectivity index (χ3n) is 4.11. The van der Waals surface area contributed by atoms with Gasteiger partial charge in [-0.2, -0.15) is 5.10 Å². The van der Waals surface area contributed by atoms with Crippen molar-refractivity contribution >= 4 is 11.4 Å². The molecule has 6 heteroatoms. The molecule has 0 N–H and O–H groups in total. The number of piperidine rings is 1. The van der Waals surface area contributed by atoms with Crippen LogP contribution >= 0.6 is 0 Å². The van der Waals surface area contributed by atoms with E-state index in [1.54, 1.807) is 10.7 Å². The average Bonchev–Trinajstić information content (AvgIpc) is 2.86. The lowest BCUT2D eigenvalue weighted by atomic mass is 10.1. The number of aromatic nitrogens is 2. The number of nitro groups is 1. The molecule has 1 fully saturated rings. The Labute approximate surface area is 129 Å². The van der Waals surface area contributed by atoms with E-state index in [1.165, 1.54) is 19.3 Å². The normalized spacial score (nSPS) is 15.1. The molecule has 1 aliphatic rings. The molecule has 1 saturated heterocycles. The smallest absolute Gasteiger partial charge is 0.295 e. The van der Waals surface area contributed by atoms with Gasteiger partial charge in [-0.1, -0.05) is 0 Å². The summed E-state index contributed by atoms with van der Waals surface area (Å²) in [5, 5.41) is 15.8. The second-order valence-corrected chi connectivity index (χ2v) is 5.82. The number of anilines is 1. The summed E-state index contributed by atoms with van der Waals surface area (Å²) in [4.78, 5) is 13.3. The first kappa shape index (κ1) is 14.6. The first-order valence-electron chi connectivity index (χ1n) is 7.63. The van der Waals surface area contributed by atoms with Crippen LogP contribution in [-0.2, 0) is 0 Å². The number of benzene rings is 1. The summed E-state index contributed by atoms with van der Waals surface area (Å²) in [6, 6.07) is 7.26. The van der Waals surface area contributed by atoms with Gasteiger partial charge in [-0.05, 0) is 51.3 Å². The molecule has 2 aromatic rings. The molecule has 2 heterocycles. The minimum Gasteiger partial charge on any atom is -0.371 e. The van der Waals surface area contributed by atoms with Crippen LogP contribution in [0.4, 0.5) is 11.4 Å². The molecule has 0 amide bonds. The highest BCUT2D eigenvalue weighted by atomic mass is 16.6. The first-order valence-corrected chi connectivity index (χ1v) is 7.63. The Morgan fingerprint density at radius 3 is 2.45 bits per heavy atom. The Bertz CT molecular complexity index is 702. The summed E-state index contributed by atoms with van der Waals surface area (Å²) < 4.78 is 1.67. The number of nitrogens with zero attached hydrogens (tertiary/aromatic N) is 4. The summed E-state index contributed by atoms with van der Waals surface area (Å²) >= 11 is 0. The van der Waals surface area contributed by atoms with E-state index in [-0.39, 0.29) is 10.6 Å². The van der Waals surface area contributed by atoms with E-state index in [1.807, 2.05) is 32.0 Å². The highest BCUT2D eigenvalue weighted by molar-refractivity contribution is 5.63. The van der Waals surface area contributed by atoms with Gasteiger partial charge in [-0.25, -0.2) is 4.68 Å². The number of nitro benzene ring substituents is 1. The van der Waals surface area contributed by atoms with E-state index in [0.717, 1.165) is 30.2 Å². The molecule has 3 rings (SSSR count). The third-order valence-corrected chi connectivity index (χ3v) is 4.11. The van der Waals surface area contributed by atoms with Gasteiger partial charge in [0.25, 0.3) is 5.69 Å². The van der Waals surface area contributed by atoms with Crippen molar-refractivity contribution in [1.29, 1.82) is 0 Å². The first-order chi connectivity index (χ1) is 10.6. The van der Waals surface area contributed by atoms with E-state index in [4.69, 9.17) is 0 Å². The topological polar surface area (TPSA) is 64.2 Å². The lowest BCUT2D eigenvalue weighted by Crippen LogP contribution is -2.29. The van der Waals surface area contributed by atoms with Crippen molar-refractivity contribution in [2.45, 2.75) is 33.1 Å². The predicted molar refractivity (Wildman–Crippen MR) is 85.8 cm³/mol. The quantitative estimate of drug-likeness (QED) is 0.644. The van der Waals surface area contributed by atoms with Crippen LogP contribution in [0.3, 0.4) is 0 Å². The maximum atomic E-state index is 11.4. The average molecular weight is 300 g/mol. The van der Waals surface area contributed by atoms with Crippen LogP contribution in [0.15, 0.2) is 24.3 Å². The molecule has 0 spiro atoms. The van der Waals surface area contributed by atoms with Crippen molar-refractivity contribution in [2.75, 3.05) is 18.0 Å². The maximum Gasteiger partial charge on any atom is 0.295 e. The monoisotopic (exact) mass is 300 g/mol. The SMILES string of the molecule is Cc1cc(C)n(-c2cc(N3CCCCC3)ccc2[N+](=O)[O-])n1. The lowest BCUT2D eigenvalue weighted by molar-refractivity contribution is -0.384. The van der Waals surface area contributed by atoms with Gasteiger partial charge in [-0.3, -0.25) is 10.1 Å². The fourth-order valence-corrected chi connectivity index (χ4v) is 3.06. The van der Waals surface area contributed by atoms with Crippen molar-refractivity contribution in [3.63, 3.8) is 0 Å². The van der Waals surface area contributed by atoms with Crippen molar-refractivity contribution in [3.8, 4) is 5.69 Å². The van der Waals surface area contributed by atoms with E-state index in [9.17, 15) is 10.1 Å². The van der Waals surface area contributed by atoms with Crippen molar-refractivity contribution < 1.29 is 4.92 Å². The minimum atomic E-state index is -0.341. The van der Waals surface area contributed by atoms with Gasteiger partial charge in [0.15, 0.2) is 0 Å². The van der Waals surface area contributed by atoms with Crippen molar-refractivity contribution in [3.05, 3.63) is 45.8 Å². The Kier molecular flexibility index (Phi) is 3.83.